The van der Waals surface area contributed by atoms with Crippen molar-refractivity contribution in [2.45, 2.75) is 64.3 Å². The summed E-state index contributed by atoms with van der Waals surface area (Å²) >= 11 is 0. The van der Waals surface area contributed by atoms with Gasteiger partial charge in [-0.1, -0.05) is 27.4 Å². The largest absolute Gasteiger partial charge is 0.508 e. The number of hydrogen-bond acceptors (Lipinski definition) is 5. The standard InChI is InChI=1S/C22H30O5/c1-13(2)22(26)10-9-21(4)12-17(24)14(3)11-18(19(21)22)27-20(25)15-5-7-16(23)8-6-15/h5-8,13,17-19,23-24,26H,3,9-12H2,1-2,4H3/t17-,18-,19+,21+,22+/m1/s1. The molecule has 5 atom stereocenters. The molecule has 5 heteroatoms. The molecule has 27 heavy (non-hydrogen) atoms. The number of carbonyl (C=O) groups excluding carboxylic acids is 1. The molecule has 0 radical (unpaired) electrons. The highest BCUT2D eigenvalue weighted by Gasteiger charge is 2.60. The predicted octanol–water partition coefficient (Wildman–Crippen LogP) is 3.43. The first-order chi connectivity index (χ1) is 12.6. The molecule has 0 amide bonds. The van der Waals surface area contributed by atoms with Gasteiger partial charge >= 0.3 is 5.97 Å². The first-order valence-corrected chi connectivity index (χ1v) is 9.65. The molecule has 2 aliphatic carbocycles. The number of ether oxygens (including phenoxy) is 1. The maximum Gasteiger partial charge on any atom is 0.338 e. The fourth-order valence-electron chi connectivity index (χ4n) is 5.06. The number of fused-ring (bicyclic) bond motifs is 1. The summed E-state index contributed by atoms with van der Waals surface area (Å²) in [5, 5.41) is 31.4. The van der Waals surface area contributed by atoms with Crippen LogP contribution in [-0.4, -0.2) is 39.1 Å². The minimum Gasteiger partial charge on any atom is -0.508 e. The summed E-state index contributed by atoms with van der Waals surface area (Å²) in [6.45, 7) is 10.0. The number of aromatic hydroxyl groups is 1. The van der Waals surface area contributed by atoms with E-state index in [1.54, 1.807) is 0 Å². The van der Waals surface area contributed by atoms with Crippen molar-refractivity contribution < 1.29 is 24.9 Å². The molecule has 148 valence electrons. The normalized spacial score (nSPS) is 36.4. The summed E-state index contributed by atoms with van der Waals surface area (Å²) in [6.07, 6.45) is 1.02. The minimum absolute atomic E-state index is 0.00251. The summed E-state index contributed by atoms with van der Waals surface area (Å²) in [5.41, 5.74) is -0.312. The van der Waals surface area contributed by atoms with Crippen LogP contribution in [-0.2, 0) is 4.74 Å². The van der Waals surface area contributed by atoms with Gasteiger partial charge in [-0.25, -0.2) is 4.79 Å². The molecule has 1 aromatic rings. The van der Waals surface area contributed by atoms with Crippen molar-refractivity contribution in [3.8, 4) is 5.75 Å². The minimum atomic E-state index is -0.959. The SMILES string of the molecule is C=C1C[C@@H](OC(=O)c2ccc(O)cc2)[C@H]2[C@@](C)(CC[C@]2(O)C(C)C)C[C@H]1O. The van der Waals surface area contributed by atoms with Crippen molar-refractivity contribution in [2.75, 3.05) is 0 Å². The van der Waals surface area contributed by atoms with Crippen molar-refractivity contribution >= 4 is 5.97 Å². The maximum atomic E-state index is 12.7. The van der Waals surface area contributed by atoms with Gasteiger partial charge in [0.2, 0.25) is 0 Å². The molecular weight excluding hydrogens is 344 g/mol. The molecule has 3 rings (SSSR count). The van der Waals surface area contributed by atoms with E-state index in [1.807, 2.05) is 13.8 Å². The number of benzene rings is 1. The zero-order chi connectivity index (χ0) is 20.0. The van der Waals surface area contributed by atoms with Crippen LogP contribution in [0, 0.1) is 17.3 Å². The van der Waals surface area contributed by atoms with E-state index in [-0.39, 0.29) is 23.0 Å². The topological polar surface area (TPSA) is 87.0 Å². The van der Waals surface area contributed by atoms with Crippen LogP contribution in [0.4, 0.5) is 0 Å². The van der Waals surface area contributed by atoms with E-state index in [9.17, 15) is 20.1 Å². The molecule has 3 N–H and O–H groups in total. The van der Waals surface area contributed by atoms with Crippen LogP contribution in [0.25, 0.3) is 0 Å². The highest BCUT2D eigenvalue weighted by Crippen LogP contribution is 2.58. The summed E-state index contributed by atoms with van der Waals surface area (Å²) < 4.78 is 5.89. The molecule has 0 bridgehead atoms. The lowest BCUT2D eigenvalue weighted by Crippen LogP contribution is -2.50. The van der Waals surface area contributed by atoms with Gasteiger partial charge in [-0.15, -0.1) is 0 Å². The molecule has 0 unspecified atom stereocenters. The van der Waals surface area contributed by atoms with Gasteiger partial charge in [-0.3, -0.25) is 0 Å². The van der Waals surface area contributed by atoms with E-state index in [2.05, 4.69) is 13.5 Å². The monoisotopic (exact) mass is 374 g/mol. The maximum absolute atomic E-state index is 12.7. The van der Waals surface area contributed by atoms with Gasteiger partial charge in [0.25, 0.3) is 0 Å². The second kappa shape index (κ2) is 6.95. The third-order valence-corrected chi connectivity index (χ3v) is 6.71. The van der Waals surface area contributed by atoms with Gasteiger partial charge in [-0.2, -0.15) is 0 Å². The molecule has 2 aliphatic rings. The van der Waals surface area contributed by atoms with Gasteiger partial charge in [-0.05, 0) is 60.4 Å². The molecule has 5 nitrogen and oxygen atoms in total. The number of phenolic OH excluding ortho intramolecular Hbond substituents is 1. The number of aliphatic hydroxyl groups is 2. The second-order valence-electron chi connectivity index (χ2n) is 8.85. The zero-order valence-electron chi connectivity index (χ0n) is 16.3. The van der Waals surface area contributed by atoms with E-state index in [4.69, 9.17) is 4.74 Å². The van der Waals surface area contributed by atoms with Gasteiger partial charge in [0.05, 0.1) is 17.3 Å². The highest BCUT2D eigenvalue weighted by atomic mass is 16.5. The Balaban J connectivity index is 1.95. The Morgan fingerprint density at radius 1 is 1.26 bits per heavy atom. The first kappa shape index (κ1) is 19.9. The van der Waals surface area contributed by atoms with Crippen LogP contribution in [0.5, 0.6) is 5.75 Å². The fourth-order valence-corrected chi connectivity index (χ4v) is 5.06. The molecular formula is C22H30O5. The van der Waals surface area contributed by atoms with E-state index in [0.29, 0.717) is 30.4 Å². The third-order valence-electron chi connectivity index (χ3n) is 6.71. The summed E-state index contributed by atoms with van der Waals surface area (Å²) in [7, 11) is 0. The average molecular weight is 374 g/mol. The van der Waals surface area contributed by atoms with Crippen LogP contribution >= 0.6 is 0 Å². The molecule has 0 aromatic heterocycles. The number of rotatable bonds is 3. The van der Waals surface area contributed by atoms with Crippen LogP contribution in [0.15, 0.2) is 36.4 Å². The van der Waals surface area contributed by atoms with Crippen molar-refractivity contribution in [2.24, 2.45) is 17.3 Å². The smallest absolute Gasteiger partial charge is 0.338 e. The highest BCUT2D eigenvalue weighted by molar-refractivity contribution is 5.89. The summed E-state index contributed by atoms with van der Waals surface area (Å²) in [4.78, 5) is 12.7. The van der Waals surface area contributed by atoms with Crippen LogP contribution < -0.4 is 0 Å². The summed E-state index contributed by atoms with van der Waals surface area (Å²) in [6, 6.07) is 5.91. The molecule has 2 fully saturated rings. The average Bonchev–Trinajstić information content (AvgIpc) is 2.81. The van der Waals surface area contributed by atoms with E-state index in [1.165, 1.54) is 24.3 Å². The lowest BCUT2D eigenvalue weighted by Gasteiger charge is -2.43. The van der Waals surface area contributed by atoms with E-state index in [0.717, 1.165) is 6.42 Å². The molecule has 0 spiro atoms. The molecule has 0 heterocycles. The molecule has 0 aliphatic heterocycles. The van der Waals surface area contributed by atoms with Crippen molar-refractivity contribution in [3.63, 3.8) is 0 Å². The Hall–Kier alpha value is -1.85. The van der Waals surface area contributed by atoms with Crippen LogP contribution in [0.1, 0.15) is 56.8 Å². The zero-order valence-corrected chi connectivity index (χ0v) is 16.3. The molecule has 1 aromatic carbocycles. The molecule has 2 saturated carbocycles. The van der Waals surface area contributed by atoms with E-state index < -0.39 is 23.8 Å². The number of carbonyl (C=O) groups is 1. The quantitative estimate of drug-likeness (QED) is 0.557. The summed E-state index contributed by atoms with van der Waals surface area (Å²) in [5.74, 6) is -0.692. The van der Waals surface area contributed by atoms with Crippen LogP contribution in [0.2, 0.25) is 0 Å². The van der Waals surface area contributed by atoms with Gasteiger partial charge in [0, 0.05) is 12.3 Å². The number of phenols is 1. The lowest BCUT2D eigenvalue weighted by atomic mass is 9.67. The van der Waals surface area contributed by atoms with Gasteiger partial charge in [0.15, 0.2) is 0 Å². The number of esters is 1. The predicted molar refractivity (Wildman–Crippen MR) is 102 cm³/mol. The van der Waals surface area contributed by atoms with Crippen molar-refractivity contribution in [1.82, 2.24) is 0 Å². The molecule has 0 saturated heterocycles. The first-order valence-electron chi connectivity index (χ1n) is 9.65. The lowest BCUT2D eigenvalue weighted by molar-refractivity contribution is -0.113. The Bertz CT molecular complexity index is 725. The van der Waals surface area contributed by atoms with Gasteiger partial charge in [0.1, 0.15) is 11.9 Å². The third kappa shape index (κ3) is 3.50. The fraction of sp³-hybridized carbons (Fsp3) is 0.591. The Morgan fingerprint density at radius 3 is 2.48 bits per heavy atom. The Labute approximate surface area is 160 Å². The second-order valence-corrected chi connectivity index (χ2v) is 8.85. The number of hydrogen-bond donors (Lipinski definition) is 3. The van der Waals surface area contributed by atoms with E-state index >= 15 is 0 Å². The van der Waals surface area contributed by atoms with Crippen molar-refractivity contribution in [3.05, 3.63) is 42.0 Å². The van der Waals surface area contributed by atoms with Gasteiger partial charge < -0.3 is 20.1 Å². The van der Waals surface area contributed by atoms with Crippen molar-refractivity contribution in [1.29, 1.82) is 0 Å². The Morgan fingerprint density at radius 2 is 1.89 bits per heavy atom. The Kier molecular flexibility index (Phi) is 5.12. The number of aliphatic hydroxyl groups excluding tert-OH is 1. The van der Waals surface area contributed by atoms with Crippen LogP contribution in [0.3, 0.4) is 0 Å².